The Bertz CT molecular complexity index is 794. The molecule has 0 aliphatic rings. The summed E-state index contributed by atoms with van der Waals surface area (Å²) in [6, 6.07) is 1.68. The molecule has 0 saturated carbocycles. The van der Waals surface area contributed by atoms with Crippen molar-refractivity contribution in [3.05, 3.63) is 45.9 Å². The van der Waals surface area contributed by atoms with Gasteiger partial charge in [0.25, 0.3) is 5.56 Å². The average Bonchev–Trinajstić information content (AvgIpc) is 2.33. The van der Waals surface area contributed by atoms with Gasteiger partial charge in [0.2, 0.25) is 0 Å². The molecule has 0 aliphatic carbocycles. The number of hydrogen-bond donors (Lipinski definition) is 1. The second kappa shape index (κ2) is 4.83. The lowest BCUT2D eigenvalue weighted by Gasteiger charge is -2.13. The maximum absolute atomic E-state index is 13.1. The lowest BCUT2D eigenvalue weighted by molar-refractivity contribution is -0.141. The van der Waals surface area contributed by atoms with E-state index in [1.807, 2.05) is 0 Å². The summed E-state index contributed by atoms with van der Waals surface area (Å²) in [6.07, 6.45) is -4.85. The lowest BCUT2D eigenvalue weighted by atomic mass is 10.1. The molecule has 0 spiro atoms. The molecule has 0 saturated heterocycles. The average molecular weight is 307 g/mol. The highest BCUT2D eigenvalue weighted by atomic mass is 19.4. The molecule has 0 radical (unpaired) electrons. The number of benzene rings is 1. The van der Waals surface area contributed by atoms with Crippen molar-refractivity contribution in [1.82, 2.24) is 4.57 Å². The van der Waals surface area contributed by atoms with Crippen LogP contribution in [0.3, 0.4) is 0 Å². The zero-order valence-electron chi connectivity index (χ0n) is 10.0. The summed E-state index contributed by atoms with van der Waals surface area (Å²) in [7, 11) is 0. The summed E-state index contributed by atoms with van der Waals surface area (Å²) in [5, 5.41) is 8.04. The van der Waals surface area contributed by atoms with Gasteiger partial charge in [0.15, 0.2) is 11.6 Å². The first kappa shape index (κ1) is 14.9. The Hall–Kier alpha value is -2.45. The summed E-state index contributed by atoms with van der Waals surface area (Å²) >= 11 is 0. The molecule has 1 heterocycles. The Kier molecular flexibility index (Phi) is 3.44. The molecular weight excluding hydrogens is 301 g/mol. The van der Waals surface area contributed by atoms with Gasteiger partial charge in [-0.1, -0.05) is 0 Å². The molecule has 0 bridgehead atoms. The minimum atomic E-state index is -4.85. The van der Waals surface area contributed by atoms with E-state index < -0.39 is 47.0 Å². The Balaban J connectivity index is 2.85. The van der Waals surface area contributed by atoms with Crippen LogP contribution < -0.4 is 5.56 Å². The van der Waals surface area contributed by atoms with E-state index in [9.17, 15) is 31.5 Å². The van der Waals surface area contributed by atoms with Gasteiger partial charge >= 0.3 is 12.1 Å². The number of carbonyl (C=O) groups is 1. The van der Waals surface area contributed by atoms with Crippen molar-refractivity contribution >= 4 is 16.7 Å². The topological polar surface area (TPSA) is 59.3 Å². The van der Waals surface area contributed by atoms with Gasteiger partial charge in [-0.25, -0.2) is 13.6 Å². The Labute approximate surface area is 113 Å². The van der Waals surface area contributed by atoms with Crippen LogP contribution >= 0.6 is 0 Å². The molecule has 1 aromatic heterocycles. The molecule has 112 valence electrons. The minimum absolute atomic E-state index is 0.0397. The number of carboxylic acid groups (broad SMARTS) is 1. The van der Waals surface area contributed by atoms with Gasteiger partial charge < -0.3 is 5.11 Å². The number of pyridine rings is 1. The molecule has 1 aromatic carbocycles. The van der Waals surface area contributed by atoms with Gasteiger partial charge in [0.05, 0.1) is 5.39 Å². The van der Waals surface area contributed by atoms with E-state index in [1.54, 1.807) is 0 Å². The SMILES string of the molecule is O=C(O)c1cc2cc(F)c(F)cc2c(=O)n1CC(F)(F)F. The fourth-order valence-corrected chi connectivity index (χ4v) is 1.86. The fourth-order valence-electron chi connectivity index (χ4n) is 1.86. The van der Waals surface area contributed by atoms with E-state index in [1.165, 1.54) is 0 Å². The molecule has 4 nitrogen and oxygen atoms in total. The number of rotatable bonds is 2. The lowest BCUT2D eigenvalue weighted by Crippen LogP contribution is -2.32. The summed E-state index contributed by atoms with van der Waals surface area (Å²) < 4.78 is 63.4. The Morgan fingerprint density at radius 2 is 1.71 bits per heavy atom. The number of hydrogen-bond acceptors (Lipinski definition) is 2. The zero-order valence-corrected chi connectivity index (χ0v) is 10.0. The van der Waals surface area contributed by atoms with Crippen molar-refractivity contribution in [2.45, 2.75) is 12.7 Å². The first-order valence-electron chi connectivity index (χ1n) is 5.43. The second-order valence-corrected chi connectivity index (χ2v) is 4.19. The van der Waals surface area contributed by atoms with Crippen molar-refractivity contribution in [3.63, 3.8) is 0 Å². The van der Waals surface area contributed by atoms with E-state index in [2.05, 4.69) is 0 Å². The van der Waals surface area contributed by atoms with Crippen LogP contribution in [0.4, 0.5) is 22.0 Å². The molecule has 0 amide bonds. The van der Waals surface area contributed by atoms with Crippen LogP contribution in [0.2, 0.25) is 0 Å². The van der Waals surface area contributed by atoms with Crippen molar-refractivity contribution in [2.75, 3.05) is 0 Å². The Morgan fingerprint density at radius 1 is 1.14 bits per heavy atom. The third-order valence-electron chi connectivity index (χ3n) is 2.71. The van der Waals surface area contributed by atoms with E-state index >= 15 is 0 Å². The highest BCUT2D eigenvalue weighted by molar-refractivity contribution is 5.92. The summed E-state index contributed by atoms with van der Waals surface area (Å²) in [5.74, 6) is -4.55. The van der Waals surface area contributed by atoms with Crippen molar-refractivity contribution in [2.24, 2.45) is 0 Å². The van der Waals surface area contributed by atoms with E-state index in [0.29, 0.717) is 18.2 Å². The molecule has 0 aliphatic heterocycles. The summed E-state index contributed by atoms with van der Waals surface area (Å²) in [4.78, 5) is 22.9. The number of halogens is 5. The third-order valence-corrected chi connectivity index (χ3v) is 2.71. The van der Waals surface area contributed by atoms with Crippen LogP contribution in [0.25, 0.3) is 10.8 Å². The highest BCUT2D eigenvalue weighted by Gasteiger charge is 2.31. The zero-order chi connectivity index (χ0) is 15.9. The predicted octanol–water partition coefficient (Wildman–Crippen LogP) is 2.54. The normalized spacial score (nSPS) is 11.9. The van der Waals surface area contributed by atoms with Crippen LogP contribution in [0.1, 0.15) is 10.5 Å². The molecule has 2 rings (SSSR count). The number of aromatic carboxylic acids is 1. The maximum Gasteiger partial charge on any atom is 0.406 e. The first-order chi connectivity index (χ1) is 9.60. The number of carboxylic acids is 1. The quantitative estimate of drug-likeness (QED) is 0.867. The smallest absolute Gasteiger partial charge is 0.406 e. The third kappa shape index (κ3) is 2.86. The van der Waals surface area contributed by atoms with Gasteiger partial charge in [-0.15, -0.1) is 0 Å². The molecule has 2 aromatic rings. The van der Waals surface area contributed by atoms with Gasteiger partial charge in [-0.2, -0.15) is 13.2 Å². The van der Waals surface area contributed by atoms with Gasteiger partial charge in [0.1, 0.15) is 12.2 Å². The van der Waals surface area contributed by atoms with E-state index in [-0.39, 0.29) is 9.95 Å². The standard InChI is InChI=1S/C12H6F5NO3/c13-7-1-5-2-9(11(20)21)18(4-12(15,16)17)10(19)6(5)3-8(7)14/h1-3H,4H2,(H,20,21). The van der Waals surface area contributed by atoms with Crippen molar-refractivity contribution in [3.8, 4) is 0 Å². The molecule has 9 heteroatoms. The second-order valence-electron chi connectivity index (χ2n) is 4.19. The first-order valence-corrected chi connectivity index (χ1v) is 5.43. The monoisotopic (exact) mass is 307 g/mol. The highest BCUT2D eigenvalue weighted by Crippen LogP contribution is 2.21. The van der Waals surface area contributed by atoms with Crippen LogP contribution in [0.15, 0.2) is 23.0 Å². The molecule has 0 atom stereocenters. The van der Waals surface area contributed by atoms with Crippen molar-refractivity contribution < 1.29 is 31.9 Å². The van der Waals surface area contributed by atoms with Crippen LogP contribution in [0, 0.1) is 11.6 Å². The van der Waals surface area contributed by atoms with Gasteiger partial charge in [-0.05, 0) is 23.6 Å². The number of nitrogens with zero attached hydrogens (tertiary/aromatic N) is 1. The van der Waals surface area contributed by atoms with Gasteiger partial charge in [-0.3, -0.25) is 9.36 Å². The van der Waals surface area contributed by atoms with E-state index in [0.717, 1.165) is 0 Å². The maximum atomic E-state index is 13.1. The fraction of sp³-hybridized carbons (Fsp3) is 0.167. The van der Waals surface area contributed by atoms with E-state index in [4.69, 9.17) is 5.11 Å². The number of fused-ring (bicyclic) bond motifs is 1. The Morgan fingerprint density at radius 3 is 2.24 bits per heavy atom. The number of alkyl halides is 3. The van der Waals surface area contributed by atoms with Crippen LogP contribution in [-0.4, -0.2) is 21.8 Å². The predicted molar refractivity (Wildman–Crippen MR) is 61.1 cm³/mol. The molecule has 1 N–H and O–H groups in total. The summed E-state index contributed by atoms with van der Waals surface area (Å²) in [6.45, 7) is -1.84. The minimum Gasteiger partial charge on any atom is -0.477 e. The largest absolute Gasteiger partial charge is 0.477 e. The summed E-state index contributed by atoms with van der Waals surface area (Å²) in [5.41, 5.74) is -2.32. The molecule has 0 unspecified atom stereocenters. The van der Waals surface area contributed by atoms with Crippen molar-refractivity contribution in [1.29, 1.82) is 0 Å². The van der Waals surface area contributed by atoms with Crippen LogP contribution in [0.5, 0.6) is 0 Å². The molecule has 21 heavy (non-hydrogen) atoms. The number of aromatic nitrogens is 1. The molecular formula is C12H6F5NO3. The van der Waals surface area contributed by atoms with Crippen LogP contribution in [-0.2, 0) is 6.54 Å². The molecule has 0 fully saturated rings. The van der Waals surface area contributed by atoms with Gasteiger partial charge in [0, 0.05) is 0 Å².